The predicted octanol–water partition coefficient (Wildman–Crippen LogP) is 4.61. The maximum absolute atomic E-state index is 10.4. The van der Waals surface area contributed by atoms with E-state index in [1.165, 1.54) is 0 Å². The van der Waals surface area contributed by atoms with Crippen molar-refractivity contribution in [2.45, 2.75) is 79.1 Å². The zero-order chi connectivity index (χ0) is 17.4. The van der Waals surface area contributed by atoms with E-state index in [1.807, 2.05) is 0 Å². The summed E-state index contributed by atoms with van der Waals surface area (Å²) in [6.07, 6.45) is 9.50. The van der Waals surface area contributed by atoms with E-state index in [4.69, 9.17) is 0 Å². The van der Waals surface area contributed by atoms with E-state index in [0.717, 1.165) is 51.4 Å². The fourth-order valence-electron chi connectivity index (χ4n) is 2.26. The minimum Gasteiger partial charge on any atom is -0.596 e. The smallest absolute Gasteiger partial charge is 0.596 e. The molecule has 0 bridgehead atoms. The number of rotatable bonds is 12. The summed E-state index contributed by atoms with van der Waals surface area (Å²) < 4.78 is 20.7. The van der Waals surface area contributed by atoms with Gasteiger partial charge in [0.2, 0.25) is 0 Å². The first-order valence-electron chi connectivity index (χ1n) is 8.64. The van der Waals surface area contributed by atoms with Crippen LogP contribution < -0.4 is 9.79 Å². The van der Waals surface area contributed by atoms with E-state index < -0.39 is 16.1 Å². The average Bonchev–Trinajstić information content (AvgIpc) is 2.47. The van der Waals surface area contributed by atoms with Gasteiger partial charge in [0, 0.05) is 11.8 Å². The second-order valence-corrected chi connectivity index (χ2v) is 7.92. The van der Waals surface area contributed by atoms with Gasteiger partial charge in [0.25, 0.3) is 0 Å². The van der Waals surface area contributed by atoms with Gasteiger partial charge in [-0.3, -0.25) is 0 Å². The average molecular weight is 411 g/mol. The van der Waals surface area contributed by atoms with Crippen molar-refractivity contribution in [3.63, 3.8) is 0 Å². The molecular weight excluding hydrogens is 377 g/mol. The molecule has 0 saturated heterocycles. The third kappa shape index (κ3) is 22.6. The van der Waals surface area contributed by atoms with Gasteiger partial charge in [-0.2, -0.15) is 0 Å². The summed E-state index contributed by atoms with van der Waals surface area (Å²) in [7, 11) is -4.32. The second-order valence-electron chi connectivity index (χ2n) is 5.86. The summed E-state index contributed by atoms with van der Waals surface area (Å²) in [6, 6.07) is 0. The van der Waals surface area contributed by atoms with Crippen molar-refractivity contribution in [1.29, 1.82) is 0 Å². The van der Waals surface area contributed by atoms with Crippen LogP contribution in [0.15, 0.2) is 0 Å². The van der Waals surface area contributed by atoms with Gasteiger partial charge in [0.1, 0.15) is 12.3 Å². The van der Waals surface area contributed by atoms with Crippen molar-refractivity contribution in [1.82, 2.24) is 0 Å². The summed E-state index contributed by atoms with van der Waals surface area (Å²) in [5.41, 5.74) is 0. The molecule has 0 heterocycles. The quantitative estimate of drug-likeness (QED) is 0.440. The van der Waals surface area contributed by atoms with E-state index in [0.29, 0.717) is 24.2 Å². The van der Waals surface area contributed by atoms with Crippen LogP contribution >= 0.6 is 16.1 Å². The molecule has 4 nitrogen and oxygen atoms in total. The molecule has 0 aliphatic rings. The van der Waals surface area contributed by atoms with Gasteiger partial charge in [-0.05, 0) is 25.7 Å². The molecule has 139 valence electrons. The van der Waals surface area contributed by atoms with Crippen LogP contribution in [-0.4, -0.2) is 12.3 Å². The third-order valence-electron chi connectivity index (χ3n) is 3.90. The first kappa shape index (κ1) is 28.4. The second kappa shape index (κ2) is 20.7. The summed E-state index contributed by atoms with van der Waals surface area (Å²) >= 11 is 0. The van der Waals surface area contributed by atoms with Gasteiger partial charge < -0.3 is 9.79 Å². The Balaban J connectivity index is -0.000000333. The molecule has 0 aliphatic carbocycles. The molecule has 1 radical (unpaired) electrons. The van der Waals surface area contributed by atoms with Crippen molar-refractivity contribution >= 4 is 16.1 Å². The molecular formula is C16H34CoO4P2+2. The van der Waals surface area contributed by atoms with Crippen LogP contribution in [0.1, 0.15) is 79.1 Å². The Morgan fingerprint density at radius 3 is 1.22 bits per heavy atom. The molecule has 0 fully saturated rings. The molecule has 0 aliphatic heterocycles. The van der Waals surface area contributed by atoms with Crippen LogP contribution in [0, 0.1) is 11.8 Å². The molecule has 0 spiro atoms. The zero-order valence-corrected chi connectivity index (χ0v) is 17.9. The van der Waals surface area contributed by atoms with Crippen molar-refractivity contribution in [2.75, 3.05) is 12.3 Å². The molecule has 0 aromatic heterocycles. The number of unbranched alkanes of at least 4 members (excludes halogenated alkanes) is 2. The molecule has 0 rings (SSSR count). The van der Waals surface area contributed by atoms with E-state index in [-0.39, 0.29) is 16.8 Å². The third-order valence-corrected chi connectivity index (χ3v) is 5.53. The van der Waals surface area contributed by atoms with E-state index in [1.54, 1.807) is 0 Å². The summed E-state index contributed by atoms with van der Waals surface area (Å²) in [5, 5.41) is 0. The Morgan fingerprint density at radius 2 is 1.04 bits per heavy atom. The van der Waals surface area contributed by atoms with Gasteiger partial charge in [-0.25, -0.2) is 0 Å². The van der Waals surface area contributed by atoms with E-state index in [2.05, 4.69) is 27.7 Å². The van der Waals surface area contributed by atoms with Crippen LogP contribution in [0.3, 0.4) is 0 Å². The van der Waals surface area contributed by atoms with Gasteiger partial charge in [0.05, 0.1) is 0 Å². The largest absolute Gasteiger partial charge is 2.00 e. The van der Waals surface area contributed by atoms with Gasteiger partial charge in [-0.1, -0.05) is 62.5 Å². The molecule has 4 unspecified atom stereocenters. The van der Waals surface area contributed by atoms with Gasteiger partial charge in [0.15, 0.2) is 0 Å². The van der Waals surface area contributed by atoms with E-state index >= 15 is 0 Å². The Morgan fingerprint density at radius 1 is 0.739 bits per heavy atom. The van der Waals surface area contributed by atoms with Crippen molar-refractivity contribution in [3.05, 3.63) is 0 Å². The molecule has 23 heavy (non-hydrogen) atoms. The summed E-state index contributed by atoms with van der Waals surface area (Å²) in [5.74, 6) is 0.798. The predicted molar refractivity (Wildman–Crippen MR) is 91.6 cm³/mol. The van der Waals surface area contributed by atoms with Crippen LogP contribution in [0.5, 0.6) is 0 Å². The molecule has 0 saturated carbocycles. The molecule has 4 atom stereocenters. The Hall–Kier alpha value is 0.626. The summed E-state index contributed by atoms with van der Waals surface area (Å²) in [4.78, 5) is 20.7. The first-order chi connectivity index (χ1) is 10.4. The standard InChI is InChI=1S/2C8H17O2P.Co/c2*1-3-5-6-8(4-2)7-11(9)10;/h2*8H,3-7H2,1-2H3;/q;;+2. The topological polar surface area (TPSA) is 80.3 Å². The number of hydrogen-bond acceptors (Lipinski definition) is 4. The zero-order valence-electron chi connectivity index (χ0n) is 15.1. The monoisotopic (exact) mass is 411 g/mol. The Kier molecular flexibility index (Phi) is 25.6. The van der Waals surface area contributed by atoms with E-state index in [9.17, 15) is 18.9 Å². The fourth-order valence-corrected chi connectivity index (χ4v) is 3.98. The molecule has 0 aromatic rings. The van der Waals surface area contributed by atoms with Crippen LogP contribution in [0.2, 0.25) is 0 Å². The normalized spacial score (nSPS) is 14.0. The van der Waals surface area contributed by atoms with Crippen molar-refractivity contribution in [3.8, 4) is 0 Å². The maximum Gasteiger partial charge on any atom is 2.00 e. The molecule has 0 aromatic carbocycles. The van der Waals surface area contributed by atoms with Crippen LogP contribution in [0.25, 0.3) is 0 Å². The van der Waals surface area contributed by atoms with Gasteiger partial charge >= 0.3 is 32.8 Å². The molecule has 0 N–H and O–H groups in total. The SMILES string of the molecule is CCCCC(CC)C[P+](=O)[O-].CCCCC(CC)C[P+](=O)[O-].[Co+2]. The first-order valence-corrected chi connectivity index (χ1v) is 11.4. The van der Waals surface area contributed by atoms with Crippen molar-refractivity contribution < 1.29 is 35.7 Å². The summed E-state index contributed by atoms with van der Waals surface area (Å²) in [6.45, 7) is 8.37. The van der Waals surface area contributed by atoms with Crippen LogP contribution in [-0.2, 0) is 25.9 Å². The minimum atomic E-state index is -2.16. The minimum absolute atomic E-state index is 0. The molecule has 7 heteroatoms. The maximum atomic E-state index is 10.4. The Labute approximate surface area is 155 Å². The Bertz CT molecular complexity index is 263. The molecule has 0 amide bonds. The van der Waals surface area contributed by atoms with Crippen molar-refractivity contribution in [2.24, 2.45) is 11.8 Å². The number of hydrogen-bond donors (Lipinski definition) is 0. The fraction of sp³-hybridized carbons (Fsp3) is 1.00. The van der Waals surface area contributed by atoms with Gasteiger partial charge in [-0.15, -0.1) is 0 Å². The van der Waals surface area contributed by atoms with Crippen LogP contribution in [0.4, 0.5) is 0 Å².